The molecule has 4 aromatic rings. The van der Waals surface area contributed by atoms with E-state index >= 15 is 0 Å². The number of ether oxygens (including phenoxy) is 2. The SMILES string of the molecule is COc1cc2nc(C)n3c(-c4cccc(Br)c4)nnc3c2cc1OC. The molecular weight excluding hydrogens is 384 g/mol. The molecule has 0 aliphatic rings. The van der Waals surface area contributed by atoms with Crippen LogP contribution in [0.3, 0.4) is 0 Å². The van der Waals surface area contributed by atoms with Crippen LogP contribution < -0.4 is 9.47 Å². The number of benzene rings is 2. The van der Waals surface area contributed by atoms with Gasteiger partial charge in [0.15, 0.2) is 23.0 Å². The van der Waals surface area contributed by atoms with Crippen molar-refractivity contribution in [2.75, 3.05) is 14.2 Å². The minimum atomic E-state index is 0.634. The molecule has 7 heteroatoms. The summed E-state index contributed by atoms with van der Waals surface area (Å²) >= 11 is 3.50. The van der Waals surface area contributed by atoms with Gasteiger partial charge in [-0.2, -0.15) is 0 Å². The Kier molecular flexibility index (Phi) is 3.80. The standard InChI is InChI=1S/C18H15BrN4O2/c1-10-20-14-9-16(25-3)15(24-2)8-13(14)18-22-21-17(23(10)18)11-5-4-6-12(19)7-11/h4-9H,1-3H3. The van der Waals surface area contributed by atoms with Crippen LogP contribution in [0, 0.1) is 6.92 Å². The number of aryl methyl sites for hydroxylation is 1. The molecular formula is C18H15BrN4O2. The van der Waals surface area contributed by atoms with Gasteiger partial charge in [-0.3, -0.25) is 4.40 Å². The molecule has 25 heavy (non-hydrogen) atoms. The number of hydrogen-bond donors (Lipinski definition) is 0. The van der Waals surface area contributed by atoms with E-state index in [0.29, 0.717) is 11.5 Å². The Labute approximate surface area is 152 Å². The second-order valence-electron chi connectivity index (χ2n) is 5.58. The normalized spacial score (nSPS) is 11.2. The Morgan fingerprint density at radius 3 is 2.48 bits per heavy atom. The molecule has 0 bridgehead atoms. The van der Waals surface area contributed by atoms with E-state index in [4.69, 9.17) is 14.5 Å². The molecule has 2 aromatic heterocycles. The van der Waals surface area contributed by atoms with E-state index in [-0.39, 0.29) is 0 Å². The van der Waals surface area contributed by atoms with Crippen LogP contribution in [-0.4, -0.2) is 33.8 Å². The first-order valence-electron chi connectivity index (χ1n) is 7.66. The minimum absolute atomic E-state index is 0.634. The van der Waals surface area contributed by atoms with Gasteiger partial charge in [0.25, 0.3) is 0 Å². The Morgan fingerprint density at radius 1 is 1.00 bits per heavy atom. The maximum absolute atomic E-state index is 5.41. The molecule has 0 spiro atoms. The lowest BCUT2D eigenvalue weighted by Crippen LogP contribution is -2.00. The summed E-state index contributed by atoms with van der Waals surface area (Å²) in [5.41, 5.74) is 2.49. The van der Waals surface area contributed by atoms with Crippen LogP contribution in [0.25, 0.3) is 27.9 Å². The second kappa shape index (κ2) is 6.00. The fraction of sp³-hybridized carbons (Fsp3) is 0.167. The monoisotopic (exact) mass is 398 g/mol. The molecule has 6 nitrogen and oxygen atoms in total. The van der Waals surface area contributed by atoms with Crippen LogP contribution in [0.5, 0.6) is 11.5 Å². The first-order valence-corrected chi connectivity index (χ1v) is 8.45. The van der Waals surface area contributed by atoms with Crippen LogP contribution in [-0.2, 0) is 0 Å². The van der Waals surface area contributed by atoms with Gasteiger partial charge in [-0.25, -0.2) is 4.98 Å². The van der Waals surface area contributed by atoms with Gasteiger partial charge in [-0.05, 0) is 25.1 Å². The lowest BCUT2D eigenvalue weighted by Gasteiger charge is -2.11. The summed E-state index contributed by atoms with van der Waals surface area (Å²) in [5, 5.41) is 9.66. The van der Waals surface area contributed by atoms with Gasteiger partial charge in [0.2, 0.25) is 0 Å². The highest BCUT2D eigenvalue weighted by Gasteiger charge is 2.17. The average molecular weight is 399 g/mol. The Morgan fingerprint density at radius 2 is 1.76 bits per heavy atom. The summed E-state index contributed by atoms with van der Waals surface area (Å²) in [6.07, 6.45) is 0. The van der Waals surface area contributed by atoms with Gasteiger partial charge in [0.1, 0.15) is 5.82 Å². The van der Waals surface area contributed by atoms with Crippen molar-refractivity contribution in [2.24, 2.45) is 0 Å². The third kappa shape index (κ3) is 2.51. The average Bonchev–Trinajstić information content (AvgIpc) is 3.07. The number of halogens is 1. The number of methoxy groups -OCH3 is 2. The molecule has 0 aliphatic carbocycles. The smallest absolute Gasteiger partial charge is 0.172 e. The van der Waals surface area contributed by atoms with Crippen molar-refractivity contribution in [3.05, 3.63) is 46.7 Å². The molecule has 2 aromatic carbocycles. The van der Waals surface area contributed by atoms with Gasteiger partial charge >= 0.3 is 0 Å². The number of rotatable bonds is 3. The van der Waals surface area contributed by atoms with E-state index in [2.05, 4.69) is 26.1 Å². The molecule has 0 N–H and O–H groups in total. The van der Waals surface area contributed by atoms with E-state index in [1.807, 2.05) is 47.7 Å². The number of nitrogens with zero attached hydrogens (tertiary/aromatic N) is 4. The number of fused-ring (bicyclic) bond motifs is 3. The van der Waals surface area contributed by atoms with Crippen molar-refractivity contribution < 1.29 is 9.47 Å². The third-order valence-corrected chi connectivity index (χ3v) is 4.59. The molecule has 126 valence electrons. The predicted molar refractivity (Wildman–Crippen MR) is 99.3 cm³/mol. The fourth-order valence-corrected chi connectivity index (χ4v) is 3.34. The van der Waals surface area contributed by atoms with Crippen LogP contribution in [0.15, 0.2) is 40.9 Å². The summed E-state index contributed by atoms with van der Waals surface area (Å²) in [7, 11) is 3.22. The minimum Gasteiger partial charge on any atom is -0.493 e. The van der Waals surface area contributed by atoms with E-state index in [1.165, 1.54) is 0 Å². The molecule has 0 aliphatic heterocycles. The zero-order chi connectivity index (χ0) is 17.6. The van der Waals surface area contributed by atoms with Gasteiger partial charge in [-0.1, -0.05) is 28.1 Å². The van der Waals surface area contributed by atoms with E-state index < -0.39 is 0 Å². The lowest BCUT2D eigenvalue weighted by atomic mass is 10.2. The van der Waals surface area contributed by atoms with Gasteiger partial charge in [0, 0.05) is 21.5 Å². The quantitative estimate of drug-likeness (QED) is 0.521. The van der Waals surface area contributed by atoms with Gasteiger partial charge in [-0.15, -0.1) is 10.2 Å². The van der Waals surface area contributed by atoms with Crippen molar-refractivity contribution in [3.8, 4) is 22.9 Å². The zero-order valence-electron chi connectivity index (χ0n) is 13.9. The number of aromatic nitrogens is 4. The predicted octanol–water partition coefficient (Wildman–Crippen LogP) is 4.03. The van der Waals surface area contributed by atoms with Crippen molar-refractivity contribution in [1.82, 2.24) is 19.6 Å². The molecule has 0 saturated carbocycles. The maximum atomic E-state index is 5.41. The molecule has 0 fully saturated rings. The first-order chi connectivity index (χ1) is 12.1. The lowest BCUT2D eigenvalue weighted by molar-refractivity contribution is 0.356. The molecule has 4 rings (SSSR count). The fourth-order valence-electron chi connectivity index (χ4n) is 2.94. The number of hydrogen-bond acceptors (Lipinski definition) is 5. The van der Waals surface area contributed by atoms with Crippen LogP contribution in [0.4, 0.5) is 0 Å². The first kappa shape index (κ1) is 15.8. The molecule has 0 atom stereocenters. The summed E-state index contributed by atoms with van der Waals surface area (Å²) < 4.78 is 13.7. The van der Waals surface area contributed by atoms with Crippen LogP contribution >= 0.6 is 15.9 Å². The highest BCUT2D eigenvalue weighted by atomic mass is 79.9. The second-order valence-corrected chi connectivity index (χ2v) is 6.49. The van der Waals surface area contributed by atoms with E-state index in [0.717, 1.165) is 38.2 Å². The van der Waals surface area contributed by atoms with Crippen LogP contribution in [0.2, 0.25) is 0 Å². The van der Waals surface area contributed by atoms with Crippen molar-refractivity contribution in [1.29, 1.82) is 0 Å². The van der Waals surface area contributed by atoms with Crippen molar-refractivity contribution in [3.63, 3.8) is 0 Å². The van der Waals surface area contributed by atoms with Crippen LogP contribution in [0.1, 0.15) is 5.82 Å². The molecule has 0 unspecified atom stereocenters. The molecule has 0 radical (unpaired) electrons. The third-order valence-electron chi connectivity index (χ3n) is 4.09. The van der Waals surface area contributed by atoms with E-state index in [1.54, 1.807) is 14.2 Å². The highest BCUT2D eigenvalue weighted by Crippen LogP contribution is 2.34. The summed E-state index contributed by atoms with van der Waals surface area (Å²) in [6, 6.07) is 11.7. The Balaban J connectivity index is 2.06. The Hall–Kier alpha value is -2.67. The van der Waals surface area contributed by atoms with E-state index in [9.17, 15) is 0 Å². The molecule has 0 saturated heterocycles. The topological polar surface area (TPSA) is 61.5 Å². The summed E-state index contributed by atoms with van der Waals surface area (Å²) in [4.78, 5) is 4.70. The summed E-state index contributed by atoms with van der Waals surface area (Å²) in [6.45, 7) is 1.94. The van der Waals surface area contributed by atoms with Crippen molar-refractivity contribution in [2.45, 2.75) is 6.92 Å². The van der Waals surface area contributed by atoms with Crippen molar-refractivity contribution >= 4 is 32.5 Å². The largest absolute Gasteiger partial charge is 0.493 e. The van der Waals surface area contributed by atoms with Gasteiger partial charge in [0.05, 0.1) is 19.7 Å². The Bertz CT molecular complexity index is 1110. The molecule has 2 heterocycles. The molecule has 0 amide bonds. The maximum Gasteiger partial charge on any atom is 0.172 e. The summed E-state index contributed by atoms with van der Waals surface area (Å²) in [5.74, 6) is 2.82. The highest BCUT2D eigenvalue weighted by molar-refractivity contribution is 9.10. The zero-order valence-corrected chi connectivity index (χ0v) is 15.5. The van der Waals surface area contributed by atoms with Gasteiger partial charge < -0.3 is 9.47 Å².